The van der Waals surface area contributed by atoms with E-state index in [0.29, 0.717) is 11.7 Å². The van der Waals surface area contributed by atoms with Crippen LogP contribution in [0.1, 0.15) is 33.1 Å². The standard InChI is InChI=1S/C10H16O/c1-7(2)9-5-4-8(3)6-10(9)11/h8-9H,1,4-6H2,2-3H3/t8-,9-/m1/s1. The van der Waals surface area contributed by atoms with E-state index in [0.717, 1.165) is 18.4 Å². The van der Waals surface area contributed by atoms with Crippen molar-refractivity contribution in [3.63, 3.8) is 0 Å². The van der Waals surface area contributed by atoms with E-state index in [4.69, 9.17) is 0 Å². The number of carbonyl (C=O) groups is 1. The molecule has 1 rings (SSSR count). The number of carbonyl (C=O) groups excluding carboxylic acids is 1. The van der Waals surface area contributed by atoms with Crippen molar-refractivity contribution in [2.75, 3.05) is 0 Å². The maximum atomic E-state index is 11.4. The molecule has 0 aromatic rings. The Morgan fingerprint density at radius 3 is 2.64 bits per heavy atom. The molecule has 62 valence electrons. The zero-order valence-corrected chi connectivity index (χ0v) is 7.39. The summed E-state index contributed by atoms with van der Waals surface area (Å²) in [7, 11) is 0. The molecule has 0 radical (unpaired) electrons. The molecule has 0 aromatic heterocycles. The minimum Gasteiger partial charge on any atom is -0.299 e. The van der Waals surface area contributed by atoms with E-state index in [1.807, 2.05) is 6.92 Å². The summed E-state index contributed by atoms with van der Waals surface area (Å²) in [6.45, 7) is 7.94. The molecule has 0 spiro atoms. The normalized spacial score (nSPS) is 32.0. The van der Waals surface area contributed by atoms with Crippen LogP contribution in [0.2, 0.25) is 0 Å². The molecule has 1 aliphatic rings. The van der Waals surface area contributed by atoms with Crippen molar-refractivity contribution in [3.8, 4) is 0 Å². The summed E-state index contributed by atoms with van der Waals surface area (Å²) in [5.74, 6) is 1.17. The summed E-state index contributed by atoms with van der Waals surface area (Å²) >= 11 is 0. The molecule has 1 aliphatic carbocycles. The third-order valence-electron chi connectivity index (χ3n) is 2.48. The number of hydrogen-bond acceptors (Lipinski definition) is 1. The van der Waals surface area contributed by atoms with Crippen LogP contribution in [0.25, 0.3) is 0 Å². The first kappa shape index (κ1) is 8.51. The number of hydrogen-bond donors (Lipinski definition) is 0. The lowest BCUT2D eigenvalue weighted by molar-refractivity contribution is -0.124. The van der Waals surface area contributed by atoms with E-state index in [2.05, 4.69) is 13.5 Å². The molecule has 0 bridgehead atoms. The van der Waals surface area contributed by atoms with E-state index in [1.165, 1.54) is 6.42 Å². The van der Waals surface area contributed by atoms with Crippen molar-refractivity contribution < 1.29 is 4.79 Å². The fourth-order valence-corrected chi connectivity index (χ4v) is 1.72. The highest BCUT2D eigenvalue weighted by Crippen LogP contribution is 2.29. The van der Waals surface area contributed by atoms with Crippen LogP contribution in [0, 0.1) is 11.8 Å². The molecule has 0 heterocycles. The molecule has 1 nitrogen and oxygen atoms in total. The molecule has 0 amide bonds. The van der Waals surface area contributed by atoms with Crippen molar-refractivity contribution in [3.05, 3.63) is 12.2 Å². The number of allylic oxidation sites excluding steroid dienone is 1. The Kier molecular flexibility index (Phi) is 2.48. The fourth-order valence-electron chi connectivity index (χ4n) is 1.72. The largest absolute Gasteiger partial charge is 0.299 e. The van der Waals surface area contributed by atoms with Gasteiger partial charge >= 0.3 is 0 Å². The monoisotopic (exact) mass is 152 g/mol. The summed E-state index contributed by atoms with van der Waals surface area (Å²) in [6, 6.07) is 0. The molecule has 1 heteroatoms. The highest BCUT2D eigenvalue weighted by Gasteiger charge is 2.26. The van der Waals surface area contributed by atoms with Crippen molar-refractivity contribution >= 4 is 5.78 Å². The molecule has 11 heavy (non-hydrogen) atoms. The van der Waals surface area contributed by atoms with Gasteiger partial charge in [0.2, 0.25) is 0 Å². The lowest BCUT2D eigenvalue weighted by Crippen LogP contribution is -2.23. The molecule has 2 atom stereocenters. The van der Waals surface area contributed by atoms with E-state index < -0.39 is 0 Å². The van der Waals surface area contributed by atoms with Crippen LogP contribution >= 0.6 is 0 Å². The minimum atomic E-state index is 0.172. The van der Waals surface area contributed by atoms with Gasteiger partial charge in [-0.3, -0.25) is 4.79 Å². The van der Waals surface area contributed by atoms with Crippen molar-refractivity contribution in [2.24, 2.45) is 11.8 Å². The molecule has 0 aromatic carbocycles. The molecule has 0 unspecified atom stereocenters. The van der Waals surface area contributed by atoms with Gasteiger partial charge < -0.3 is 0 Å². The van der Waals surface area contributed by atoms with Crippen LogP contribution < -0.4 is 0 Å². The lowest BCUT2D eigenvalue weighted by Gasteiger charge is -2.24. The Hall–Kier alpha value is -0.590. The molecule has 0 saturated heterocycles. The summed E-state index contributed by atoms with van der Waals surface area (Å²) in [5, 5.41) is 0. The zero-order chi connectivity index (χ0) is 8.43. The average Bonchev–Trinajstić information content (AvgIpc) is 1.85. The van der Waals surface area contributed by atoms with Gasteiger partial charge in [0.05, 0.1) is 0 Å². The Bertz CT molecular complexity index is 181. The maximum absolute atomic E-state index is 11.4. The minimum absolute atomic E-state index is 0.172. The third kappa shape index (κ3) is 1.92. The predicted octanol–water partition coefficient (Wildman–Crippen LogP) is 2.57. The second-order valence-corrected chi connectivity index (χ2v) is 3.75. The van der Waals surface area contributed by atoms with Crippen molar-refractivity contribution in [2.45, 2.75) is 33.1 Å². The molecule has 0 aliphatic heterocycles. The summed E-state index contributed by atoms with van der Waals surface area (Å²) in [5.41, 5.74) is 1.04. The zero-order valence-electron chi connectivity index (χ0n) is 7.39. The van der Waals surface area contributed by atoms with Crippen molar-refractivity contribution in [1.82, 2.24) is 0 Å². The van der Waals surface area contributed by atoms with Gasteiger partial charge in [-0.2, -0.15) is 0 Å². The van der Waals surface area contributed by atoms with Gasteiger partial charge in [-0.25, -0.2) is 0 Å². The summed E-state index contributed by atoms with van der Waals surface area (Å²) in [6.07, 6.45) is 2.97. The smallest absolute Gasteiger partial charge is 0.140 e. The Labute approximate surface area is 68.5 Å². The molecular weight excluding hydrogens is 136 g/mol. The quantitative estimate of drug-likeness (QED) is 0.528. The van der Waals surface area contributed by atoms with Crippen LogP contribution in [-0.2, 0) is 4.79 Å². The van der Waals surface area contributed by atoms with Gasteiger partial charge in [-0.15, -0.1) is 0 Å². The van der Waals surface area contributed by atoms with Crippen LogP contribution in [0.4, 0.5) is 0 Å². The van der Waals surface area contributed by atoms with Gasteiger partial charge in [0.25, 0.3) is 0 Å². The fraction of sp³-hybridized carbons (Fsp3) is 0.700. The van der Waals surface area contributed by atoms with E-state index in [-0.39, 0.29) is 5.92 Å². The Morgan fingerprint density at radius 2 is 2.18 bits per heavy atom. The molecule has 1 fully saturated rings. The maximum Gasteiger partial charge on any atom is 0.140 e. The van der Waals surface area contributed by atoms with E-state index >= 15 is 0 Å². The topological polar surface area (TPSA) is 17.1 Å². The highest BCUT2D eigenvalue weighted by molar-refractivity contribution is 5.84. The second-order valence-electron chi connectivity index (χ2n) is 3.75. The van der Waals surface area contributed by atoms with Gasteiger partial charge in [0.1, 0.15) is 5.78 Å². The highest BCUT2D eigenvalue weighted by atomic mass is 16.1. The van der Waals surface area contributed by atoms with Crippen LogP contribution in [0.15, 0.2) is 12.2 Å². The van der Waals surface area contributed by atoms with E-state index in [9.17, 15) is 4.79 Å². The van der Waals surface area contributed by atoms with Gasteiger partial charge in [-0.05, 0) is 25.7 Å². The van der Waals surface area contributed by atoms with Crippen molar-refractivity contribution in [1.29, 1.82) is 0 Å². The lowest BCUT2D eigenvalue weighted by atomic mass is 9.79. The van der Waals surface area contributed by atoms with Crippen LogP contribution in [0.5, 0.6) is 0 Å². The first-order chi connectivity index (χ1) is 5.11. The third-order valence-corrected chi connectivity index (χ3v) is 2.48. The first-order valence-electron chi connectivity index (χ1n) is 4.29. The molecular formula is C10H16O. The van der Waals surface area contributed by atoms with Gasteiger partial charge in [0, 0.05) is 12.3 Å². The number of rotatable bonds is 1. The summed E-state index contributed by atoms with van der Waals surface area (Å²) in [4.78, 5) is 11.4. The molecule has 1 saturated carbocycles. The second kappa shape index (κ2) is 3.21. The average molecular weight is 152 g/mol. The Morgan fingerprint density at radius 1 is 1.55 bits per heavy atom. The Balaban J connectivity index is 2.58. The van der Waals surface area contributed by atoms with Gasteiger partial charge in [0.15, 0.2) is 0 Å². The van der Waals surface area contributed by atoms with Crippen LogP contribution in [0.3, 0.4) is 0 Å². The predicted molar refractivity (Wildman–Crippen MR) is 46.3 cm³/mol. The van der Waals surface area contributed by atoms with Crippen LogP contribution in [-0.4, -0.2) is 5.78 Å². The number of ketones is 1. The van der Waals surface area contributed by atoms with Gasteiger partial charge in [-0.1, -0.05) is 19.1 Å². The number of Topliss-reactive ketones (excluding diaryl/α,β-unsaturated/α-hetero) is 1. The SMILES string of the molecule is C=C(C)[C@H]1CC[C@@H](C)CC1=O. The summed E-state index contributed by atoms with van der Waals surface area (Å²) < 4.78 is 0. The molecule has 0 N–H and O–H groups in total. The first-order valence-corrected chi connectivity index (χ1v) is 4.29. The van der Waals surface area contributed by atoms with E-state index in [1.54, 1.807) is 0 Å².